The summed E-state index contributed by atoms with van der Waals surface area (Å²) in [6.45, 7) is 6.06. The Morgan fingerprint density at radius 2 is 1.56 bits per heavy atom. The zero-order chi connectivity index (χ0) is 33.1. The van der Waals surface area contributed by atoms with E-state index < -0.39 is 11.4 Å². The maximum Gasteiger partial charge on any atom is 0.259 e. The van der Waals surface area contributed by atoms with Crippen molar-refractivity contribution in [2.75, 3.05) is 0 Å². The van der Waals surface area contributed by atoms with Crippen LogP contribution in [0.1, 0.15) is 78.5 Å². The molecule has 0 amide bonds. The summed E-state index contributed by atoms with van der Waals surface area (Å²) >= 11 is 0. The molecule has 0 spiro atoms. The topological polar surface area (TPSA) is 118 Å². The predicted molar refractivity (Wildman–Crippen MR) is 178 cm³/mol. The molecular formula is C40H36O8. The lowest BCUT2D eigenvalue weighted by atomic mass is 9.61. The molecule has 0 aromatic heterocycles. The van der Waals surface area contributed by atoms with Gasteiger partial charge in [0, 0.05) is 47.1 Å². The molecule has 0 saturated carbocycles. The molecule has 244 valence electrons. The molecule has 48 heavy (non-hydrogen) atoms. The monoisotopic (exact) mass is 644 g/mol. The second-order valence-electron chi connectivity index (χ2n) is 14.4. The molecule has 4 heterocycles. The quantitative estimate of drug-likeness (QED) is 0.166. The standard InChI is InChI=1S/C40H36O8/c1-20-12-28-26-8-7-25(42)18-34(26)46-40(19-22-5-9-30(43)27-10-11-39(2,3)48-38(22)27)37(28)29(13-20)36-31(44)14-23(16-35(36)47-40)32-15-21-4-6-24(41)17-33(21)45-32/h4-11,13-14,16-18,28-29,32,37,41-44H,12,15,19H2,1-3H3/t28-,29-,32-,37-,40+/m1/s1. The Morgan fingerprint density at radius 3 is 2.40 bits per heavy atom. The zero-order valence-electron chi connectivity index (χ0n) is 26.9. The Hall–Kier alpha value is -5.24. The third-order valence-electron chi connectivity index (χ3n) is 10.6. The zero-order valence-corrected chi connectivity index (χ0v) is 26.9. The molecule has 0 radical (unpaired) electrons. The van der Waals surface area contributed by atoms with E-state index >= 15 is 0 Å². The molecule has 1 aliphatic carbocycles. The van der Waals surface area contributed by atoms with E-state index in [0.29, 0.717) is 40.5 Å². The second-order valence-corrected chi connectivity index (χ2v) is 14.4. The number of phenols is 4. The second kappa shape index (κ2) is 9.89. The Labute approximate surface area is 278 Å². The van der Waals surface area contributed by atoms with Crippen LogP contribution in [0.3, 0.4) is 0 Å². The molecular weight excluding hydrogens is 608 g/mol. The van der Waals surface area contributed by atoms with Crippen LogP contribution in [-0.4, -0.2) is 31.8 Å². The fraction of sp³-hybridized carbons (Fsp3) is 0.300. The lowest BCUT2D eigenvalue weighted by Gasteiger charge is -2.55. The lowest BCUT2D eigenvalue weighted by molar-refractivity contribution is -0.187. The molecule has 4 aromatic rings. The Balaban J connectivity index is 1.21. The van der Waals surface area contributed by atoms with Crippen LogP contribution in [0.4, 0.5) is 0 Å². The summed E-state index contributed by atoms with van der Waals surface area (Å²) in [6, 6.07) is 17.6. The summed E-state index contributed by atoms with van der Waals surface area (Å²) in [5.74, 6) is 0.940. The van der Waals surface area contributed by atoms with Crippen molar-refractivity contribution >= 4 is 6.08 Å². The van der Waals surface area contributed by atoms with Gasteiger partial charge in [0.05, 0.1) is 17.9 Å². The molecule has 8 heteroatoms. The number of rotatable bonds is 3. The van der Waals surface area contributed by atoms with Gasteiger partial charge in [0.15, 0.2) is 0 Å². The highest BCUT2D eigenvalue weighted by Gasteiger charge is 2.60. The number of phenolic OH excluding ortho intramolecular Hbond substituents is 4. The third kappa shape index (κ3) is 4.35. The van der Waals surface area contributed by atoms with E-state index in [2.05, 4.69) is 13.0 Å². The van der Waals surface area contributed by atoms with Crippen molar-refractivity contribution < 1.29 is 39.4 Å². The van der Waals surface area contributed by atoms with Crippen LogP contribution in [-0.2, 0) is 12.8 Å². The largest absolute Gasteiger partial charge is 0.508 e. The van der Waals surface area contributed by atoms with Gasteiger partial charge in [-0.05, 0) is 80.8 Å². The van der Waals surface area contributed by atoms with E-state index in [1.807, 2.05) is 50.3 Å². The smallest absolute Gasteiger partial charge is 0.259 e. The first-order chi connectivity index (χ1) is 23.0. The fourth-order valence-electron chi connectivity index (χ4n) is 8.53. The highest BCUT2D eigenvalue weighted by molar-refractivity contribution is 5.69. The number of ether oxygens (including phenoxy) is 4. The van der Waals surface area contributed by atoms with Crippen LogP contribution in [0.25, 0.3) is 6.08 Å². The van der Waals surface area contributed by atoms with Crippen LogP contribution in [0.2, 0.25) is 0 Å². The van der Waals surface area contributed by atoms with Gasteiger partial charge >= 0.3 is 0 Å². The van der Waals surface area contributed by atoms with Crippen LogP contribution >= 0.6 is 0 Å². The van der Waals surface area contributed by atoms with Gasteiger partial charge in [-0.1, -0.05) is 29.8 Å². The number of benzene rings is 4. The number of fused-ring (bicyclic) bond motifs is 6. The maximum absolute atomic E-state index is 11.8. The summed E-state index contributed by atoms with van der Waals surface area (Å²) in [5.41, 5.74) is 5.43. The summed E-state index contributed by atoms with van der Waals surface area (Å²) in [7, 11) is 0. The van der Waals surface area contributed by atoms with Crippen LogP contribution in [0.15, 0.2) is 78.4 Å². The predicted octanol–water partition coefficient (Wildman–Crippen LogP) is 7.93. The highest BCUT2D eigenvalue weighted by atomic mass is 16.7. The summed E-state index contributed by atoms with van der Waals surface area (Å²) < 4.78 is 26.8. The van der Waals surface area contributed by atoms with Gasteiger partial charge in [0.2, 0.25) is 0 Å². The molecule has 8 nitrogen and oxygen atoms in total. The third-order valence-corrected chi connectivity index (χ3v) is 10.6. The Morgan fingerprint density at radius 1 is 0.792 bits per heavy atom. The van der Waals surface area contributed by atoms with E-state index in [1.165, 1.54) is 5.57 Å². The average Bonchev–Trinajstić information content (AvgIpc) is 3.45. The number of aromatic hydroxyl groups is 4. The first-order valence-corrected chi connectivity index (χ1v) is 16.4. The summed E-state index contributed by atoms with van der Waals surface area (Å²) in [5, 5.41) is 43.2. The van der Waals surface area contributed by atoms with E-state index in [9.17, 15) is 20.4 Å². The Bertz CT molecular complexity index is 2090. The van der Waals surface area contributed by atoms with Crippen molar-refractivity contribution in [2.24, 2.45) is 5.92 Å². The van der Waals surface area contributed by atoms with Gasteiger partial charge in [0.1, 0.15) is 57.7 Å². The fourth-order valence-corrected chi connectivity index (χ4v) is 8.53. The van der Waals surface area contributed by atoms with E-state index in [1.54, 1.807) is 36.4 Å². The summed E-state index contributed by atoms with van der Waals surface area (Å²) in [6.07, 6.45) is 7.28. The molecule has 4 N–H and O–H groups in total. The summed E-state index contributed by atoms with van der Waals surface area (Å²) in [4.78, 5) is 0. The van der Waals surface area contributed by atoms with Gasteiger partial charge in [-0.3, -0.25) is 0 Å². The first-order valence-electron chi connectivity index (χ1n) is 16.4. The normalized spacial score (nSPS) is 26.6. The SMILES string of the molecule is CC1=C[C@@H]2c3c(O)cc([C@H]4Cc5ccc(O)cc5O4)cc3O[C@]3(Cc4ccc(O)c5c4OC(C)(C)C=C5)Oc4cc(O)ccc4[C@@H](C1)[C@H]23. The van der Waals surface area contributed by atoms with Gasteiger partial charge in [-0.25, -0.2) is 0 Å². The van der Waals surface area contributed by atoms with E-state index in [4.69, 9.17) is 18.9 Å². The van der Waals surface area contributed by atoms with Crippen molar-refractivity contribution in [1.29, 1.82) is 0 Å². The number of hydrogen-bond acceptors (Lipinski definition) is 8. The van der Waals surface area contributed by atoms with Gasteiger partial charge in [-0.15, -0.1) is 0 Å². The van der Waals surface area contributed by atoms with Crippen molar-refractivity contribution in [1.82, 2.24) is 0 Å². The molecule has 4 aromatic carbocycles. The molecule has 4 aliphatic heterocycles. The highest BCUT2D eigenvalue weighted by Crippen LogP contribution is 2.63. The average molecular weight is 645 g/mol. The van der Waals surface area contributed by atoms with Crippen LogP contribution in [0, 0.1) is 5.92 Å². The number of allylic oxidation sites excluding steroid dienone is 2. The minimum absolute atomic E-state index is 0.0258. The molecule has 0 fully saturated rings. The molecule has 0 saturated heterocycles. The lowest BCUT2D eigenvalue weighted by Crippen LogP contribution is -2.60. The molecule has 9 rings (SSSR count). The van der Waals surface area contributed by atoms with E-state index in [0.717, 1.165) is 28.7 Å². The molecule has 5 atom stereocenters. The number of hydrogen-bond donors (Lipinski definition) is 4. The minimum atomic E-state index is -1.27. The Kier molecular flexibility index (Phi) is 5.96. The van der Waals surface area contributed by atoms with Crippen LogP contribution in [0.5, 0.6) is 46.0 Å². The van der Waals surface area contributed by atoms with Crippen molar-refractivity contribution in [3.63, 3.8) is 0 Å². The van der Waals surface area contributed by atoms with Crippen molar-refractivity contribution in [3.05, 3.63) is 112 Å². The first kappa shape index (κ1) is 28.9. The molecule has 0 bridgehead atoms. The maximum atomic E-state index is 11.8. The van der Waals surface area contributed by atoms with Gasteiger partial charge in [-0.2, -0.15) is 0 Å². The van der Waals surface area contributed by atoms with Crippen LogP contribution < -0.4 is 18.9 Å². The van der Waals surface area contributed by atoms with Crippen molar-refractivity contribution in [2.45, 2.75) is 69.4 Å². The molecule has 0 unspecified atom stereocenters. The van der Waals surface area contributed by atoms with Gasteiger partial charge < -0.3 is 39.4 Å². The minimum Gasteiger partial charge on any atom is -0.508 e. The van der Waals surface area contributed by atoms with Gasteiger partial charge in [0.25, 0.3) is 5.79 Å². The molecule has 5 aliphatic rings. The van der Waals surface area contributed by atoms with E-state index in [-0.39, 0.29) is 53.3 Å². The van der Waals surface area contributed by atoms with Crippen molar-refractivity contribution in [3.8, 4) is 46.0 Å².